The molecular formula is C15H27NO2. The first kappa shape index (κ1) is 13.7. The van der Waals surface area contributed by atoms with Crippen molar-refractivity contribution in [3.05, 3.63) is 0 Å². The van der Waals surface area contributed by atoms with Crippen molar-refractivity contribution in [3.63, 3.8) is 0 Å². The van der Waals surface area contributed by atoms with Crippen LogP contribution in [-0.4, -0.2) is 29.7 Å². The van der Waals surface area contributed by atoms with Crippen molar-refractivity contribution < 1.29 is 9.53 Å². The maximum absolute atomic E-state index is 11.8. The monoisotopic (exact) mass is 253 g/mol. The average Bonchev–Trinajstić information content (AvgIpc) is 2.21. The van der Waals surface area contributed by atoms with E-state index in [0.29, 0.717) is 0 Å². The van der Waals surface area contributed by atoms with Crippen molar-refractivity contribution in [2.75, 3.05) is 13.1 Å². The van der Waals surface area contributed by atoms with Gasteiger partial charge in [0.05, 0.1) is 0 Å². The molecule has 0 aromatic rings. The van der Waals surface area contributed by atoms with Gasteiger partial charge in [-0.15, -0.1) is 0 Å². The molecule has 0 unspecified atom stereocenters. The number of hydrogen-bond acceptors (Lipinski definition) is 2. The first-order chi connectivity index (χ1) is 8.44. The highest BCUT2D eigenvalue weighted by Gasteiger charge is 2.34. The summed E-state index contributed by atoms with van der Waals surface area (Å²) in [6.07, 6.45) is 8.24. The Labute approximate surface area is 111 Å². The molecule has 104 valence electrons. The number of likely N-dealkylation sites (tertiary alicyclic amines) is 1. The van der Waals surface area contributed by atoms with Crippen LogP contribution in [0.25, 0.3) is 0 Å². The van der Waals surface area contributed by atoms with Crippen LogP contribution in [0.1, 0.15) is 59.3 Å². The molecule has 1 saturated heterocycles. The molecule has 1 amide bonds. The number of hydrogen-bond donors (Lipinski definition) is 0. The normalized spacial score (nSPS) is 22.7. The van der Waals surface area contributed by atoms with Crippen LogP contribution >= 0.6 is 0 Å². The molecule has 0 N–H and O–H groups in total. The van der Waals surface area contributed by atoms with Crippen molar-refractivity contribution in [2.24, 2.45) is 11.8 Å². The minimum Gasteiger partial charge on any atom is -0.444 e. The molecule has 1 saturated carbocycles. The van der Waals surface area contributed by atoms with Crippen molar-refractivity contribution in [3.8, 4) is 0 Å². The van der Waals surface area contributed by atoms with Crippen LogP contribution in [0.2, 0.25) is 0 Å². The summed E-state index contributed by atoms with van der Waals surface area (Å²) in [5.41, 5.74) is -0.370. The number of ether oxygens (including phenoxy) is 1. The zero-order chi connectivity index (χ0) is 13.2. The lowest BCUT2D eigenvalue weighted by Crippen LogP contribution is -2.52. The molecule has 0 atom stereocenters. The second-order valence-corrected chi connectivity index (χ2v) is 6.99. The molecule has 3 nitrogen and oxygen atoms in total. The molecule has 1 aliphatic heterocycles. The lowest BCUT2D eigenvalue weighted by molar-refractivity contribution is -0.00529. The predicted molar refractivity (Wildman–Crippen MR) is 72.5 cm³/mol. The van der Waals surface area contributed by atoms with Gasteiger partial charge >= 0.3 is 6.09 Å². The van der Waals surface area contributed by atoms with Gasteiger partial charge in [-0.3, -0.25) is 0 Å². The molecule has 3 heteroatoms. The molecular weight excluding hydrogens is 226 g/mol. The maximum atomic E-state index is 11.8. The second-order valence-electron chi connectivity index (χ2n) is 6.99. The third kappa shape index (κ3) is 3.89. The van der Waals surface area contributed by atoms with Gasteiger partial charge < -0.3 is 9.64 Å². The van der Waals surface area contributed by atoms with Crippen LogP contribution in [0, 0.1) is 11.8 Å². The van der Waals surface area contributed by atoms with Gasteiger partial charge in [0, 0.05) is 13.1 Å². The molecule has 2 rings (SSSR count). The van der Waals surface area contributed by atoms with Gasteiger partial charge in [-0.1, -0.05) is 32.1 Å². The first-order valence-electron chi connectivity index (χ1n) is 7.42. The Morgan fingerprint density at radius 2 is 1.72 bits per heavy atom. The molecule has 0 bridgehead atoms. The molecule has 2 aliphatic rings. The number of amides is 1. The van der Waals surface area contributed by atoms with Crippen molar-refractivity contribution >= 4 is 6.09 Å². The lowest BCUT2D eigenvalue weighted by atomic mass is 9.80. The third-order valence-corrected chi connectivity index (χ3v) is 4.00. The van der Waals surface area contributed by atoms with Gasteiger partial charge in [-0.25, -0.2) is 4.79 Å². The van der Waals surface area contributed by atoms with E-state index >= 15 is 0 Å². The van der Waals surface area contributed by atoms with Crippen LogP contribution in [0.5, 0.6) is 0 Å². The summed E-state index contributed by atoms with van der Waals surface area (Å²) in [5, 5.41) is 0. The van der Waals surface area contributed by atoms with Gasteiger partial charge in [-0.2, -0.15) is 0 Å². The standard InChI is InChI=1S/C15H27NO2/c1-15(2,3)18-14(17)16-10-13(11-16)9-12-7-5-4-6-8-12/h12-13H,4-11H2,1-3H3. The average molecular weight is 253 g/mol. The summed E-state index contributed by atoms with van der Waals surface area (Å²) in [7, 11) is 0. The van der Waals surface area contributed by atoms with Gasteiger partial charge in [-0.05, 0) is 39.0 Å². The SMILES string of the molecule is CC(C)(C)OC(=O)N1CC(CC2CCCCC2)C1. The Hall–Kier alpha value is -0.730. The fraction of sp³-hybridized carbons (Fsp3) is 0.933. The Morgan fingerprint density at radius 3 is 2.28 bits per heavy atom. The van der Waals surface area contributed by atoms with Crippen molar-refractivity contribution in [1.82, 2.24) is 4.90 Å². The van der Waals surface area contributed by atoms with Crippen molar-refractivity contribution in [1.29, 1.82) is 0 Å². The molecule has 18 heavy (non-hydrogen) atoms. The zero-order valence-electron chi connectivity index (χ0n) is 12.1. The highest BCUT2D eigenvalue weighted by atomic mass is 16.6. The van der Waals surface area contributed by atoms with Crippen molar-refractivity contribution in [2.45, 2.75) is 64.9 Å². The summed E-state index contributed by atoms with van der Waals surface area (Å²) in [6, 6.07) is 0. The lowest BCUT2D eigenvalue weighted by Gasteiger charge is -2.41. The Bertz CT molecular complexity index is 283. The Morgan fingerprint density at radius 1 is 1.11 bits per heavy atom. The van der Waals surface area contributed by atoms with Gasteiger partial charge in [0.25, 0.3) is 0 Å². The van der Waals surface area contributed by atoms with E-state index in [1.807, 2.05) is 25.7 Å². The summed E-state index contributed by atoms with van der Waals surface area (Å²) in [5.74, 6) is 1.64. The number of rotatable bonds is 2. The number of carbonyl (C=O) groups is 1. The van der Waals surface area contributed by atoms with E-state index in [1.165, 1.54) is 38.5 Å². The minimum absolute atomic E-state index is 0.137. The summed E-state index contributed by atoms with van der Waals surface area (Å²) < 4.78 is 5.37. The molecule has 0 spiro atoms. The van der Waals surface area contributed by atoms with E-state index in [9.17, 15) is 4.79 Å². The van der Waals surface area contributed by atoms with Gasteiger partial charge in [0.1, 0.15) is 5.60 Å². The zero-order valence-corrected chi connectivity index (χ0v) is 12.1. The smallest absolute Gasteiger partial charge is 0.410 e. The molecule has 0 radical (unpaired) electrons. The van der Waals surface area contributed by atoms with Gasteiger partial charge in [0.2, 0.25) is 0 Å². The van der Waals surface area contributed by atoms with Gasteiger partial charge in [0.15, 0.2) is 0 Å². The van der Waals surface area contributed by atoms with Crippen LogP contribution in [0.3, 0.4) is 0 Å². The maximum Gasteiger partial charge on any atom is 0.410 e. The molecule has 0 aromatic carbocycles. The summed E-state index contributed by atoms with van der Waals surface area (Å²) >= 11 is 0. The van der Waals surface area contributed by atoms with Crippen LogP contribution < -0.4 is 0 Å². The second kappa shape index (κ2) is 5.50. The highest BCUT2D eigenvalue weighted by Crippen LogP contribution is 2.32. The molecule has 1 aliphatic carbocycles. The Kier molecular flexibility index (Phi) is 4.18. The summed E-state index contributed by atoms with van der Waals surface area (Å²) in [6.45, 7) is 7.58. The Balaban J connectivity index is 1.65. The predicted octanol–water partition coefficient (Wildman–Crippen LogP) is 3.82. The fourth-order valence-corrected chi connectivity index (χ4v) is 3.09. The fourth-order valence-electron chi connectivity index (χ4n) is 3.09. The number of nitrogens with zero attached hydrogens (tertiary/aromatic N) is 1. The molecule has 1 heterocycles. The van der Waals surface area contributed by atoms with E-state index < -0.39 is 0 Å². The largest absolute Gasteiger partial charge is 0.444 e. The van der Waals surface area contributed by atoms with E-state index in [4.69, 9.17) is 4.74 Å². The first-order valence-corrected chi connectivity index (χ1v) is 7.42. The van der Waals surface area contributed by atoms with Crippen LogP contribution in [-0.2, 0) is 4.74 Å². The van der Waals surface area contributed by atoms with E-state index in [2.05, 4.69) is 0 Å². The number of carbonyl (C=O) groups excluding carboxylic acids is 1. The summed E-state index contributed by atoms with van der Waals surface area (Å²) in [4.78, 5) is 13.6. The topological polar surface area (TPSA) is 29.5 Å². The molecule has 2 fully saturated rings. The van der Waals surface area contributed by atoms with E-state index in [1.54, 1.807) is 0 Å². The minimum atomic E-state index is -0.370. The van der Waals surface area contributed by atoms with Crippen LogP contribution in [0.15, 0.2) is 0 Å². The third-order valence-electron chi connectivity index (χ3n) is 4.00. The molecule has 0 aromatic heterocycles. The van der Waals surface area contributed by atoms with E-state index in [0.717, 1.165) is 24.9 Å². The quantitative estimate of drug-likeness (QED) is 0.748. The van der Waals surface area contributed by atoms with Crippen LogP contribution in [0.4, 0.5) is 4.79 Å². The highest BCUT2D eigenvalue weighted by molar-refractivity contribution is 5.69. The van der Waals surface area contributed by atoms with E-state index in [-0.39, 0.29) is 11.7 Å².